The zero-order valence-electron chi connectivity index (χ0n) is 8.09. The van der Waals surface area contributed by atoms with Gasteiger partial charge < -0.3 is 4.74 Å². The molecule has 1 aromatic rings. The van der Waals surface area contributed by atoms with Crippen LogP contribution in [0.4, 0.5) is 0 Å². The van der Waals surface area contributed by atoms with Gasteiger partial charge in [0.2, 0.25) is 0 Å². The van der Waals surface area contributed by atoms with Gasteiger partial charge in [0.15, 0.2) is 5.78 Å². The molecule has 0 aromatic carbocycles. The summed E-state index contributed by atoms with van der Waals surface area (Å²) in [6.45, 7) is 2.91. The number of hydrogen-bond donors (Lipinski definition) is 0. The van der Waals surface area contributed by atoms with Crippen molar-refractivity contribution in [1.29, 1.82) is 0 Å². The van der Waals surface area contributed by atoms with Crippen LogP contribution in [0.15, 0.2) is 12.1 Å². The Kier molecular flexibility index (Phi) is 5.15. The molecular weight excluding hydrogens is 220 g/mol. The van der Waals surface area contributed by atoms with Crippen LogP contribution in [0.1, 0.15) is 29.4 Å². The Morgan fingerprint density at radius 2 is 2.36 bits per heavy atom. The molecule has 0 atom stereocenters. The molecule has 0 fully saturated rings. The van der Waals surface area contributed by atoms with Gasteiger partial charge in [-0.1, -0.05) is 24.9 Å². The quantitative estimate of drug-likeness (QED) is 0.555. The second-order valence-electron chi connectivity index (χ2n) is 2.93. The summed E-state index contributed by atoms with van der Waals surface area (Å²) >= 11 is 7.01. The Morgan fingerprint density at radius 3 is 2.93 bits per heavy atom. The molecule has 0 aliphatic carbocycles. The van der Waals surface area contributed by atoms with E-state index in [9.17, 15) is 4.79 Å². The number of unbranched alkanes of at least 4 members (excludes halogenated alkanes) is 1. The number of rotatable bonds is 6. The van der Waals surface area contributed by atoms with E-state index in [4.69, 9.17) is 16.3 Å². The number of carbonyl (C=O) groups is 1. The van der Waals surface area contributed by atoms with Crippen LogP contribution in [0.25, 0.3) is 0 Å². The van der Waals surface area contributed by atoms with Gasteiger partial charge in [-0.2, -0.15) is 0 Å². The Balaban J connectivity index is 2.29. The molecule has 0 spiro atoms. The normalized spacial score (nSPS) is 10.4. The van der Waals surface area contributed by atoms with Gasteiger partial charge in [-0.05, 0) is 18.6 Å². The zero-order chi connectivity index (χ0) is 10.4. The fraction of sp³-hybridized carbons (Fsp3) is 0.500. The predicted octanol–water partition coefficient (Wildman–Crippen LogP) is 3.40. The van der Waals surface area contributed by atoms with E-state index in [1.165, 1.54) is 11.3 Å². The Hall–Kier alpha value is -0.380. The van der Waals surface area contributed by atoms with E-state index in [1.807, 2.05) is 0 Å². The molecule has 0 bridgehead atoms. The highest BCUT2D eigenvalue weighted by Gasteiger charge is 2.08. The van der Waals surface area contributed by atoms with Crippen LogP contribution in [-0.4, -0.2) is 19.0 Å². The molecule has 1 aromatic heterocycles. The molecule has 0 unspecified atom stereocenters. The van der Waals surface area contributed by atoms with E-state index in [0.717, 1.165) is 12.8 Å². The number of halogens is 1. The van der Waals surface area contributed by atoms with Crippen molar-refractivity contribution in [2.75, 3.05) is 13.2 Å². The highest BCUT2D eigenvalue weighted by Crippen LogP contribution is 2.21. The summed E-state index contributed by atoms with van der Waals surface area (Å²) in [5.74, 6) is 0.0120. The molecule has 4 heteroatoms. The smallest absolute Gasteiger partial charge is 0.198 e. The molecule has 0 N–H and O–H groups in total. The SMILES string of the molecule is CCCCOCC(=O)c1ccc(Cl)s1. The third-order valence-electron chi connectivity index (χ3n) is 1.72. The first-order valence-electron chi connectivity index (χ1n) is 4.60. The Morgan fingerprint density at radius 1 is 1.57 bits per heavy atom. The zero-order valence-corrected chi connectivity index (χ0v) is 9.66. The van der Waals surface area contributed by atoms with Gasteiger partial charge in [-0.3, -0.25) is 4.79 Å². The maximum absolute atomic E-state index is 11.4. The minimum atomic E-state index is 0.0120. The minimum absolute atomic E-state index is 0.0120. The second-order valence-corrected chi connectivity index (χ2v) is 4.65. The monoisotopic (exact) mass is 232 g/mol. The Labute approximate surface area is 92.8 Å². The summed E-state index contributed by atoms with van der Waals surface area (Å²) in [4.78, 5) is 12.1. The molecule has 0 aliphatic heterocycles. The van der Waals surface area contributed by atoms with E-state index < -0.39 is 0 Å². The molecule has 0 saturated heterocycles. The molecule has 0 saturated carbocycles. The van der Waals surface area contributed by atoms with Crippen LogP contribution in [-0.2, 0) is 4.74 Å². The van der Waals surface area contributed by atoms with Gasteiger partial charge in [-0.15, -0.1) is 11.3 Å². The Bertz CT molecular complexity index is 296. The third-order valence-corrected chi connectivity index (χ3v) is 3.00. The molecule has 0 amide bonds. The average molecular weight is 233 g/mol. The fourth-order valence-electron chi connectivity index (χ4n) is 0.947. The number of carbonyl (C=O) groups excluding carboxylic acids is 1. The van der Waals surface area contributed by atoms with E-state index in [0.29, 0.717) is 15.8 Å². The van der Waals surface area contributed by atoms with Gasteiger partial charge in [0.1, 0.15) is 6.61 Å². The molecular formula is C10H13ClO2S. The van der Waals surface area contributed by atoms with Crippen LogP contribution in [0.3, 0.4) is 0 Å². The molecule has 1 heterocycles. The van der Waals surface area contributed by atoms with E-state index in [-0.39, 0.29) is 12.4 Å². The predicted molar refractivity (Wildman–Crippen MR) is 59.4 cm³/mol. The number of thiophene rings is 1. The van der Waals surface area contributed by atoms with Gasteiger partial charge in [0.25, 0.3) is 0 Å². The van der Waals surface area contributed by atoms with Crippen LogP contribution >= 0.6 is 22.9 Å². The molecule has 0 aliphatic rings. The van der Waals surface area contributed by atoms with Crippen LogP contribution in [0.5, 0.6) is 0 Å². The summed E-state index contributed by atoms with van der Waals surface area (Å²) in [6, 6.07) is 3.46. The van der Waals surface area contributed by atoms with Gasteiger partial charge in [-0.25, -0.2) is 0 Å². The maximum atomic E-state index is 11.4. The topological polar surface area (TPSA) is 26.3 Å². The van der Waals surface area contributed by atoms with Crippen LogP contribution in [0, 0.1) is 0 Å². The number of ketones is 1. The second kappa shape index (κ2) is 6.17. The molecule has 14 heavy (non-hydrogen) atoms. The first-order chi connectivity index (χ1) is 6.74. The van der Waals surface area contributed by atoms with E-state index in [2.05, 4.69) is 6.92 Å². The van der Waals surface area contributed by atoms with Crippen molar-refractivity contribution >= 4 is 28.7 Å². The first kappa shape index (κ1) is 11.7. The first-order valence-corrected chi connectivity index (χ1v) is 5.79. The summed E-state index contributed by atoms with van der Waals surface area (Å²) < 4.78 is 5.85. The van der Waals surface area contributed by atoms with Crippen LogP contribution < -0.4 is 0 Å². The maximum Gasteiger partial charge on any atom is 0.198 e. The number of hydrogen-bond acceptors (Lipinski definition) is 3. The lowest BCUT2D eigenvalue weighted by molar-refractivity contribution is 0.0759. The summed E-state index contributed by atoms with van der Waals surface area (Å²) in [6.07, 6.45) is 2.08. The standard InChI is InChI=1S/C10H13ClO2S/c1-2-3-6-13-7-8(12)9-4-5-10(11)14-9/h4-5H,2-3,6-7H2,1H3. The largest absolute Gasteiger partial charge is 0.373 e. The lowest BCUT2D eigenvalue weighted by atomic mass is 10.3. The highest BCUT2D eigenvalue weighted by atomic mass is 35.5. The minimum Gasteiger partial charge on any atom is -0.373 e. The van der Waals surface area contributed by atoms with Crippen molar-refractivity contribution in [3.63, 3.8) is 0 Å². The van der Waals surface area contributed by atoms with Crippen molar-refractivity contribution in [2.45, 2.75) is 19.8 Å². The molecule has 0 radical (unpaired) electrons. The molecule has 1 rings (SSSR count). The third kappa shape index (κ3) is 3.78. The number of Topliss-reactive ketones (excluding diaryl/α,β-unsaturated/α-hetero) is 1. The summed E-state index contributed by atoms with van der Waals surface area (Å²) in [5, 5.41) is 0. The average Bonchev–Trinajstić information content (AvgIpc) is 2.59. The molecule has 78 valence electrons. The van der Waals surface area contributed by atoms with Gasteiger partial charge >= 0.3 is 0 Å². The number of ether oxygens (including phenoxy) is 1. The van der Waals surface area contributed by atoms with Gasteiger partial charge in [0, 0.05) is 6.61 Å². The van der Waals surface area contributed by atoms with Gasteiger partial charge in [0.05, 0.1) is 9.21 Å². The summed E-state index contributed by atoms with van der Waals surface area (Å²) in [7, 11) is 0. The van der Waals surface area contributed by atoms with Crippen molar-refractivity contribution in [3.05, 3.63) is 21.3 Å². The van der Waals surface area contributed by atoms with E-state index in [1.54, 1.807) is 12.1 Å². The van der Waals surface area contributed by atoms with Crippen LogP contribution in [0.2, 0.25) is 4.34 Å². The lowest BCUT2D eigenvalue weighted by Gasteiger charge is -2.00. The summed E-state index contributed by atoms with van der Waals surface area (Å²) in [5.41, 5.74) is 0. The highest BCUT2D eigenvalue weighted by molar-refractivity contribution is 7.18. The van der Waals surface area contributed by atoms with Crippen molar-refractivity contribution in [2.24, 2.45) is 0 Å². The van der Waals surface area contributed by atoms with Crippen molar-refractivity contribution < 1.29 is 9.53 Å². The van der Waals surface area contributed by atoms with Crippen molar-refractivity contribution in [1.82, 2.24) is 0 Å². The molecule has 2 nitrogen and oxygen atoms in total. The van der Waals surface area contributed by atoms with E-state index >= 15 is 0 Å². The lowest BCUT2D eigenvalue weighted by Crippen LogP contribution is -2.08. The fourth-order valence-corrected chi connectivity index (χ4v) is 1.91. The van der Waals surface area contributed by atoms with Crippen molar-refractivity contribution in [3.8, 4) is 0 Å².